The van der Waals surface area contributed by atoms with Crippen molar-refractivity contribution in [2.45, 2.75) is 110 Å². The van der Waals surface area contributed by atoms with Gasteiger partial charge in [-0.05, 0) is 84.3 Å². The number of hydrogen-bond acceptors (Lipinski definition) is 10. The van der Waals surface area contributed by atoms with Gasteiger partial charge >= 0.3 is 6.09 Å². The number of piperidine rings is 2. The van der Waals surface area contributed by atoms with Gasteiger partial charge in [0.05, 0.1) is 37.3 Å². The molecule has 1 amide bonds. The number of amides is 1. The number of aryl methyl sites for hydroxylation is 1. The number of hydrogen-bond donors (Lipinski definition) is 2. The van der Waals surface area contributed by atoms with Crippen LogP contribution in [0.1, 0.15) is 96.1 Å². The molecule has 5 rings (SSSR count). The zero-order chi connectivity index (χ0) is 33.4. The first kappa shape index (κ1) is 34.8. The van der Waals surface area contributed by atoms with Gasteiger partial charge in [-0.15, -0.1) is 0 Å². The molecule has 2 unspecified atom stereocenters. The number of carbonyl (C=O) groups is 1. The molecule has 12 nitrogen and oxygen atoms in total. The van der Waals surface area contributed by atoms with Crippen molar-refractivity contribution in [3.8, 4) is 0 Å². The maximum Gasteiger partial charge on any atom is 0.410 e. The number of likely N-dealkylation sites (tertiary alicyclic amines) is 1. The quantitative estimate of drug-likeness (QED) is 0.228. The second-order valence-corrected chi connectivity index (χ2v) is 13.6. The number of pyridine rings is 1. The van der Waals surface area contributed by atoms with Gasteiger partial charge < -0.3 is 34.4 Å². The number of carbonyl (C=O) groups excluding carboxylic acids is 1. The molecule has 0 aromatic carbocycles. The van der Waals surface area contributed by atoms with E-state index in [-0.39, 0.29) is 24.9 Å². The van der Waals surface area contributed by atoms with Gasteiger partial charge in [0.15, 0.2) is 5.65 Å². The van der Waals surface area contributed by atoms with E-state index in [1.165, 1.54) is 6.42 Å². The van der Waals surface area contributed by atoms with E-state index in [9.17, 15) is 9.90 Å². The first-order chi connectivity index (χ1) is 22.6. The van der Waals surface area contributed by atoms with Gasteiger partial charge in [-0.1, -0.05) is 13.0 Å². The van der Waals surface area contributed by atoms with Crippen molar-refractivity contribution in [3.05, 3.63) is 47.4 Å². The highest BCUT2D eigenvalue weighted by molar-refractivity contribution is 5.68. The number of aliphatic hydroxyl groups excluding tert-OH is 1. The van der Waals surface area contributed by atoms with E-state index in [4.69, 9.17) is 19.2 Å². The molecule has 0 spiro atoms. The number of nitrogens with one attached hydrogen (secondary N) is 1. The minimum absolute atomic E-state index is 0.118. The smallest absolute Gasteiger partial charge is 0.410 e. The van der Waals surface area contributed by atoms with Crippen LogP contribution in [-0.2, 0) is 27.2 Å². The number of nitrogens with zero attached hydrogens (tertiary/aromatic N) is 6. The third-order valence-corrected chi connectivity index (χ3v) is 8.93. The summed E-state index contributed by atoms with van der Waals surface area (Å²) < 4.78 is 19.4. The number of ether oxygens (including phenoxy) is 3. The molecule has 2 aliphatic heterocycles. The Morgan fingerprint density at radius 1 is 1.11 bits per heavy atom. The van der Waals surface area contributed by atoms with Crippen LogP contribution in [0, 0.1) is 0 Å². The fourth-order valence-corrected chi connectivity index (χ4v) is 6.30. The molecule has 5 heterocycles. The summed E-state index contributed by atoms with van der Waals surface area (Å²) in [6.45, 7) is 13.7. The third kappa shape index (κ3) is 9.33. The molecule has 2 aliphatic rings. The van der Waals surface area contributed by atoms with Gasteiger partial charge in [-0.3, -0.25) is 4.98 Å². The number of aliphatic hydroxyl groups is 1. The summed E-state index contributed by atoms with van der Waals surface area (Å²) in [6, 6.07) is 6.46. The van der Waals surface area contributed by atoms with Crippen LogP contribution in [-0.4, -0.2) is 92.9 Å². The second kappa shape index (κ2) is 16.1. The zero-order valence-electron chi connectivity index (χ0n) is 28.8. The highest BCUT2D eigenvalue weighted by atomic mass is 16.6. The number of rotatable bonds is 13. The predicted molar refractivity (Wildman–Crippen MR) is 182 cm³/mol. The van der Waals surface area contributed by atoms with Gasteiger partial charge in [-0.2, -0.15) is 9.61 Å². The summed E-state index contributed by atoms with van der Waals surface area (Å²) in [4.78, 5) is 26.1. The number of anilines is 2. The Bertz CT molecular complexity index is 1430. The molecule has 12 heteroatoms. The van der Waals surface area contributed by atoms with Crippen LogP contribution in [0.5, 0.6) is 0 Å². The fourth-order valence-electron chi connectivity index (χ4n) is 6.30. The van der Waals surface area contributed by atoms with Crippen LogP contribution < -0.4 is 10.2 Å². The first-order valence-corrected chi connectivity index (χ1v) is 17.3. The molecule has 0 radical (unpaired) electrons. The van der Waals surface area contributed by atoms with Gasteiger partial charge in [0.2, 0.25) is 0 Å². The van der Waals surface area contributed by atoms with Crippen molar-refractivity contribution in [2.24, 2.45) is 0 Å². The molecular weight excluding hydrogens is 598 g/mol. The molecule has 3 aromatic rings. The third-order valence-electron chi connectivity index (χ3n) is 8.93. The molecule has 2 saturated heterocycles. The van der Waals surface area contributed by atoms with Crippen molar-refractivity contribution in [1.29, 1.82) is 0 Å². The van der Waals surface area contributed by atoms with E-state index in [1.807, 2.05) is 50.7 Å². The Morgan fingerprint density at radius 2 is 1.91 bits per heavy atom. The van der Waals surface area contributed by atoms with Crippen molar-refractivity contribution in [3.63, 3.8) is 0 Å². The molecule has 3 aromatic heterocycles. The second-order valence-electron chi connectivity index (χ2n) is 13.6. The SMILES string of the molecule is CCc1cnn2c(NCc3ccc(C(C)OCCOC4CCN(C(=O)OC(C)(C)C)CC4)nc3)cc(N3CCCCC3CCO)nc12. The lowest BCUT2D eigenvalue weighted by molar-refractivity contribution is -0.0415. The summed E-state index contributed by atoms with van der Waals surface area (Å²) in [6.07, 6.45) is 10.1. The Labute approximate surface area is 278 Å². The Kier molecular flexibility index (Phi) is 11.9. The molecular formula is C35H53N7O5. The Balaban J connectivity index is 1.10. The van der Waals surface area contributed by atoms with Crippen molar-refractivity contribution < 1.29 is 24.1 Å². The van der Waals surface area contributed by atoms with Crippen LogP contribution >= 0.6 is 0 Å². The number of fused-ring (bicyclic) bond motifs is 1. The summed E-state index contributed by atoms with van der Waals surface area (Å²) >= 11 is 0. The molecule has 0 saturated carbocycles. The average molecular weight is 652 g/mol. The van der Waals surface area contributed by atoms with E-state index in [2.05, 4.69) is 39.4 Å². The minimum Gasteiger partial charge on any atom is -0.444 e. The Morgan fingerprint density at radius 3 is 2.62 bits per heavy atom. The fraction of sp³-hybridized carbons (Fsp3) is 0.657. The van der Waals surface area contributed by atoms with Crippen LogP contribution in [0.2, 0.25) is 0 Å². The van der Waals surface area contributed by atoms with E-state index in [1.54, 1.807) is 4.90 Å². The Hall–Kier alpha value is -3.48. The largest absolute Gasteiger partial charge is 0.444 e. The van der Waals surface area contributed by atoms with E-state index in [0.29, 0.717) is 38.9 Å². The molecule has 258 valence electrons. The molecule has 2 fully saturated rings. The lowest BCUT2D eigenvalue weighted by Gasteiger charge is -2.36. The van der Waals surface area contributed by atoms with E-state index in [0.717, 1.165) is 79.2 Å². The lowest BCUT2D eigenvalue weighted by atomic mass is 9.99. The maximum absolute atomic E-state index is 12.3. The topological polar surface area (TPSA) is 127 Å². The van der Waals surface area contributed by atoms with Gasteiger partial charge in [0.25, 0.3) is 0 Å². The first-order valence-electron chi connectivity index (χ1n) is 17.3. The normalized spacial score (nSPS) is 18.5. The monoisotopic (exact) mass is 651 g/mol. The van der Waals surface area contributed by atoms with Gasteiger partial charge in [-0.25, -0.2) is 9.78 Å². The van der Waals surface area contributed by atoms with Crippen LogP contribution in [0.25, 0.3) is 5.65 Å². The summed E-state index contributed by atoms with van der Waals surface area (Å²) in [5, 5.41) is 17.9. The van der Waals surface area contributed by atoms with Gasteiger partial charge in [0.1, 0.15) is 17.2 Å². The molecule has 2 N–H and O–H groups in total. The lowest BCUT2D eigenvalue weighted by Crippen LogP contribution is -2.43. The zero-order valence-corrected chi connectivity index (χ0v) is 28.8. The van der Waals surface area contributed by atoms with Crippen molar-refractivity contribution >= 4 is 23.4 Å². The summed E-state index contributed by atoms with van der Waals surface area (Å²) in [7, 11) is 0. The summed E-state index contributed by atoms with van der Waals surface area (Å²) in [5.74, 6) is 1.82. The molecule has 47 heavy (non-hydrogen) atoms. The highest BCUT2D eigenvalue weighted by Gasteiger charge is 2.28. The maximum atomic E-state index is 12.3. The van der Waals surface area contributed by atoms with E-state index >= 15 is 0 Å². The standard InChI is InChI=1S/C35H53N7O5/c1-6-27-24-38-42-31(21-32(39-33(27)42)41-15-8-7-9-28(41)14-18-43)37-23-26-10-11-30(36-22-26)25(2)45-19-20-46-29-12-16-40(17-13-29)34(44)47-35(3,4)5/h10-11,21-22,24-25,28-29,37,43H,6-9,12-20,23H2,1-5H3. The summed E-state index contributed by atoms with van der Waals surface area (Å²) in [5.41, 5.74) is 3.41. The van der Waals surface area contributed by atoms with Crippen LogP contribution in [0.15, 0.2) is 30.6 Å². The molecule has 2 atom stereocenters. The highest BCUT2D eigenvalue weighted by Crippen LogP contribution is 2.29. The molecule has 0 bridgehead atoms. The van der Waals surface area contributed by atoms with Crippen LogP contribution in [0.4, 0.5) is 16.4 Å². The number of aromatic nitrogens is 4. The predicted octanol–water partition coefficient (Wildman–Crippen LogP) is 5.53. The molecule has 0 aliphatic carbocycles. The average Bonchev–Trinajstić information content (AvgIpc) is 3.49. The van der Waals surface area contributed by atoms with E-state index < -0.39 is 5.60 Å². The minimum atomic E-state index is -0.486. The van der Waals surface area contributed by atoms with Crippen molar-refractivity contribution in [1.82, 2.24) is 24.5 Å². The van der Waals surface area contributed by atoms with Crippen molar-refractivity contribution in [2.75, 3.05) is 49.7 Å². The van der Waals surface area contributed by atoms with Crippen LogP contribution in [0.3, 0.4) is 0 Å². The van der Waals surface area contributed by atoms with Gasteiger partial charge in [0, 0.05) is 56.7 Å².